The number of esters is 1. The maximum Gasteiger partial charge on any atom is 0.336 e. The number of allylic oxidation sites excluding steroid dienone is 1. The van der Waals surface area contributed by atoms with Crippen LogP contribution in [0.1, 0.15) is 44.2 Å². The summed E-state index contributed by atoms with van der Waals surface area (Å²) in [6.45, 7) is 5.24. The van der Waals surface area contributed by atoms with Gasteiger partial charge in [0.25, 0.3) is 0 Å². The summed E-state index contributed by atoms with van der Waals surface area (Å²) in [5.74, 6) is -0.773. The standard InChI is InChI=1S/C25H28FNO5/c1-15(2)32-25(29)23-16(3)27(14-17-9-6-7-11-20(17)26)22(28)13-19(23)18-10-8-12-21(30-4)24(18)31-5/h6-12,15,19H,13-14H2,1-5H3. The number of carbonyl (C=O) groups is 2. The Hall–Kier alpha value is -3.35. The first kappa shape index (κ1) is 23.3. The second kappa shape index (κ2) is 9.85. The summed E-state index contributed by atoms with van der Waals surface area (Å²) in [4.78, 5) is 27.8. The third-order valence-corrected chi connectivity index (χ3v) is 5.48. The lowest BCUT2D eigenvalue weighted by atomic mass is 9.83. The van der Waals surface area contributed by atoms with Gasteiger partial charge in [0.15, 0.2) is 11.5 Å². The van der Waals surface area contributed by atoms with Crippen LogP contribution in [0.4, 0.5) is 4.39 Å². The molecule has 0 N–H and O–H groups in total. The van der Waals surface area contributed by atoms with E-state index in [-0.39, 0.29) is 25.0 Å². The number of hydrogen-bond donors (Lipinski definition) is 0. The Bertz CT molecular complexity index is 1050. The lowest BCUT2D eigenvalue weighted by Crippen LogP contribution is -2.38. The molecule has 1 heterocycles. The molecule has 0 radical (unpaired) electrons. The van der Waals surface area contributed by atoms with Crippen molar-refractivity contribution in [3.8, 4) is 11.5 Å². The first-order valence-electron chi connectivity index (χ1n) is 10.4. The van der Waals surface area contributed by atoms with E-state index >= 15 is 0 Å². The fourth-order valence-corrected chi connectivity index (χ4v) is 3.99. The molecule has 3 rings (SSSR count). The Balaban J connectivity index is 2.13. The normalized spacial score (nSPS) is 16.4. The van der Waals surface area contributed by atoms with Crippen molar-refractivity contribution in [1.82, 2.24) is 4.90 Å². The van der Waals surface area contributed by atoms with Crippen LogP contribution >= 0.6 is 0 Å². The van der Waals surface area contributed by atoms with Crippen LogP contribution in [0, 0.1) is 5.82 Å². The summed E-state index contributed by atoms with van der Waals surface area (Å²) in [7, 11) is 3.04. The van der Waals surface area contributed by atoms with Gasteiger partial charge >= 0.3 is 5.97 Å². The molecule has 0 spiro atoms. The number of nitrogens with zero attached hydrogens (tertiary/aromatic N) is 1. The molecule has 1 atom stereocenters. The monoisotopic (exact) mass is 441 g/mol. The van der Waals surface area contributed by atoms with E-state index in [1.54, 1.807) is 51.1 Å². The molecule has 1 amide bonds. The summed E-state index contributed by atoms with van der Waals surface area (Å²) >= 11 is 0. The first-order valence-corrected chi connectivity index (χ1v) is 10.4. The van der Waals surface area contributed by atoms with E-state index in [1.165, 1.54) is 25.2 Å². The summed E-state index contributed by atoms with van der Waals surface area (Å²) < 4.78 is 30.8. The van der Waals surface area contributed by atoms with E-state index in [0.717, 1.165) is 0 Å². The number of methoxy groups -OCH3 is 2. The molecule has 1 unspecified atom stereocenters. The van der Waals surface area contributed by atoms with Gasteiger partial charge in [0.2, 0.25) is 5.91 Å². The molecule has 0 aliphatic carbocycles. The zero-order valence-electron chi connectivity index (χ0n) is 19.0. The maximum absolute atomic E-state index is 14.3. The van der Waals surface area contributed by atoms with E-state index in [1.807, 2.05) is 6.07 Å². The van der Waals surface area contributed by atoms with Gasteiger partial charge in [0.05, 0.1) is 32.4 Å². The van der Waals surface area contributed by atoms with Gasteiger partial charge in [-0.3, -0.25) is 4.79 Å². The van der Waals surface area contributed by atoms with Crippen molar-refractivity contribution < 1.29 is 28.2 Å². The van der Waals surface area contributed by atoms with E-state index in [2.05, 4.69) is 0 Å². The van der Waals surface area contributed by atoms with E-state index in [0.29, 0.717) is 33.9 Å². The first-order chi connectivity index (χ1) is 15.3. The molecule has 0 aromatic heterocycles. The number of rotatable bonds is 7. The Labute approximate surface area is 187 Å². The van der Waals surface area contributed by atoms with E-state index < -0.39 is 17.7 Å². The van der Waals surface area contributed by atoms with Gasteiger partial charge in [-0.25, -0.2) is 9.18 Å². The molecule has 0 saturated heterocycles. The lowest BCUT2D eigenvalue weighted by Gasteiger charge is -2.35. The Morgan fingerprint density at radius 2 is 1.84 bits per heavy atom. The van der Waals surface area contributed by atoms with Gasteiger partial charge < -0.3 is 19.1 Å². The second-order valence-electron chi connectivity index (χ2n) is 7.86. The highest BCUT2D eigenvalue weighted by atomic mass is 19.1. The topological polar surface area (TPSA) is 65.1 Å². The zero-order chi connectivity index (χ0) is 23.4. The van der Waals surface area contributed by atoms with Crippen molar-refractivity contribution in [3.63, 3.8) is 0 Å². The number of ether oxygens (including phenoxy) is 3. The van der Waals surface area contributed by atoms with Crippen LogP contribution in [-0.2, 0) is 20.9 Å². The highest BCUT2D eigenvalue weighted by Crippen LogP contribution is 2.44. The van der Waals surface area contributed by atoms with Crippen LogP contribution in [0.15, 0.2) is 53.7 Å². The lowest BCUT2D eigenvalue weighted by molar-refractivity contribution is -0.143. The van der Waals surface area contributed by atoms with Gasteiger partial charge in [0, 0.05) is 29.2 Å². The van der Waals surface area contributed by atoms with Crippen LogP contribution in [0.25, 0.3) is 0 Å². The van der Waals surface area contributed by atoms with Crippen molar-refractivity contribution in [2.45, 2.75) is 45.8 Å². The molecule has 1 aliphatic rings. The minimum absolute atomic E-state index is 0.0118. The molecule has 170 valence electrons. The maximum atomic E-state index is 14.3. The van der Waals surface area contributed by atoms with Crippen molar-refractivity contribution in [2.24, 2.45) is 0 Å². The molecule has 6 nitrogen and oxygen atoms in total. The van der Waals surface area contributed by atoms with Gasteiger partial charge in [-0.05, 0) is 32.9 Å². The fraction of sp³-hybridized carbons (Fsp3) is 0.360. The number of halogens is 1. The molecule has 0 fully saturated rings. The average Bonchev–Trinajstić information content (AvgIpc) is 2.76. The zero-order valence-corrected chi connectivity index (χ0v) is 19.0. The molecule has 2 aromatic rings. The third kappa shape index (κ3) is 4.61. The van der Waals surface area contributed by atoms with Crippen molar-refractivity contribution in [3.05, 3.63) is 70.7 Å². The minimum atomic E-state index is -0.587. The SMILES string of the molecule is COc1cccc(C2CC(=O)N(Cc3ccccc3F)C(C)=C2C(=O)OC(C)C)c1OC. The van der Waals surface area contributed by atoms with Gasteiger partial charge in [-0.15, -0.1) is 0 Å². The molecule has 1 aliphatic heterocycles. The number of carbonyl (C=O) groups excluding carboxylic acids is 2. The summed E-state index contributed by atoms with van der Waals surface area (Å²) in [6.07, 6.45) is -0.328. The summed E-state index contributed by atoms with van der Waals surface area (Å²) in [5.41, 5.74) is 1.81. The molecular weight excluding hydrogens is 413 g/mol. The second-order valence-corrected chi connectivity index (χ2v) is 7.86. The number of amides is 1. The van der Waals surface area contributed by atoms with Gasteiger partial charge in [-0.1, -0.05) is 30.3 Å². The summed E-state index contributed by atoms with van der Waals surface area (Å²) in [5, 5.41) is 0. The molecule has 2 aromatic carbocycles. The quantitative estimate of drug-likeness (QED) is 0.589. The fourth-order valence-electron chi connectivity index (χ4n) is 3.99. The van der Waals surface area contributed by atoms with E-state index in [9.17, 15) is 14.0 Å². The predicted molar refractivity (Wildman–Crippen MR) is 118 cm³/mol. The number of benzene rings is 2. The van der Waals surface area contributed by atoms with Crippen LogP contribution in [-0.4, -0.2) is 37.1 Å². The van der Waals surface area contributed by atoms with E-state index in [4.69, 9.17) is 14.2 Å². The number of hydrogen-bond acceptors (Lipinski definition) is 5. The van der Waals surface area contributed by atoms with Gasteiger partial charge in [0.1, 0.15) is 5.82 Å². The predicted octanol–water partition coefficient (Wildman–Crippen LogP) is 4.58. The van der Waals surface area contributed by atoms with Crippen LogP contribution < -0.4 is 9.47 Å². The Morgan fingerprint density at radius 1 is 1.12 bits per heavy atom. The van der Waals surface area contributed by atoms with Crippen molar-refractivity contribution >= 4 is 11.9 Å². The average molecular weight is 441 g/mol. The minimum Gasteiger partial charge on any atom is -0.493 e. The van der Waals surface area contributed by atoms with Crippen molar-refractivity contribution in [2.75, 3.05) is 14.2 Å². The smallest absolute Gasteiger partial charge is 0.336 e. The highest BCUT2D eigenvalue weighted by Gasteiger charge is 2.39. The molecule has 7 heteroatoms. The third-order valence-electron chi connectivity index (χ3n) is 5.48. The summed E-state index contributed by atoms with van der Waals surface area (Å²) in [6, 6.07) is 11.6. The van der Waals surface area contributed by atoms with Crippen molar-refractivity contribution in [1.29, 1.82) is 0 Å². The molecule has 0 bridgehead atoms. The largest absolute Gasteiger partial charge is 0.493 e. The van der Waals surface area contributed by atoms with Crippen LogP contribution in [0.5, 0.6) is 11.5 Å². The van der Waals surface area contributed by atoms with Crippen LogP contribution in [0.3, 0.4) is 0 Å². The van der Waals surface area contributed by atoms with Gasteiger partial charge in [-0.2, -0.15) is 0 Å². The molecule has 32 heavy (non-hydrogen) atoms. The Morgan fingerprint density at radius 3 is 2.47 bits per heavy atom. The Kier molecular flexibility index (Phi) is 7.18. The highest BCUT2D eigenvalue weighted by molar-refractivity contribution is 5.96. The number of para-hydroxylation sites is 1. The molecule has 0 saturated carbocycles. The molecular formula is C25H28FNO5. The van der Waals surface area contributed by atoms with Crippen LogP contribution in [0.2, 0.25) is 0 Å².